The molecule has 2 fully saturated rings. The second kappa shape index (κ2) is 4.30. The molecule has 2 unspecified atom stereocenters. The van der Waals surface area contributed by atoms with Gasteiger partial charge in [0.2, 0.25) is 0 Å². The molecule has 2 aliphatic rings. The van der Waals surface area contributed by atoms with Crippen LogP contribution in [0.5, 0.6) is 0 Å². The van der Waals surface area contributed by atoms with Crippen LogP contribution in [0.4, 0.5) is 0 Å². The fraction of sp³-hybridized carbons (Fsp3) is 0.769. The molecule has 102 valence electrons. The van der Waals surface area contributed by atoms with E-state index in [0.29, 0.717) is 12.8 Å². The van der Waals surface area contributed by atoms with Gasteiger partial charge in [-0.1, -0.05) is 26.2 Å². The zero-order valence-electron chi connectivity index (χ0n) is 11.4. The third kappa shape index (κ3) is 2.22. The summed E-state index contributed by atoms with van der Waals surface area (Å²) >= 11 is 0. The molecule has 2 aliphatic heterocycles. The van der Waals surface area contributed by atoms with E-state index in [2.05, 4.69) is 26.2 Å². The summed E-state index contributed by atoms with van der Waals surface area (Å²) in [6, 6.07) is 0. The zero-order valence-corrected chi connectivity index (χ0v) is 13.2. The van der Waals surface area contributed by atoms with Crippen LogP contribution in [0.2, 0.25) is 19.6 Å². The number of carbonyl (C=O) groups excluding carboxylic acids is 1. The lowest BCUT2D eigenvalue weighted by Crippen LogP contribution is -2.39. The maximum absolute atomic E-state index is 12.4. The minimum atomic E-state index is -2.93. The van der Waals surface area contributed by atoms with E-state index in [1.165, 1.54) is 0 Å². The number of sulfone groups is 1. The second-order valence-corrected chi connectivity index (χ2v) is 14.3. The molecule has 0 aliphatic carbocycles. The molecule has 3 nitrogen and oxygen atoms in total. The highest BCUT2D eigenvalue weighted by Crippen LogP contribution is 2.42. The topological polar surface area (TPSA) is 51.2 Å². The van der Waals surface area contributed by atoms with Crippen molar-refractivity contribution in [3.05, 3.63) is 11.8 Å². The Balaban J connectivity index is 2.15. The average Bonchev–Trinajstić information content (AvgIpc) is 2.46. The van der Waals surface area contributed by atoms with Crippen LogP contribution in [0.15, 0.2) is 11.8 Å². The van der Waals surface area contributed by atoms with Gasteiger partial charge in [-0.05, 0) is 30.9 Å². The number of rotatable bonds is 3. The van der Waals surface area contributed by atoms with Gasteiger partial charge < -0.3 is 0 Å². The molecule has 0 N–H and O–H groups in total. The highest BCUT2D eigenvalue weighted by Gasteiger charge is 2.49. The Bertz CT molecular complexity index is 467. The molecule has 0 aromatic carbocycles. The van der Waals surface area contributed by atoms with Gasteiger partial charge in [-0.2, -0.15) is 0 Å². The van der Waals surface area contributed by atoms with E-state index < -0.39 is 17.9 Å². The number of hydrogen-bond acceptors (Lipinski definition) is 3. The number of carbonyl (C=O) groups is 1. The predicted octanol–water partition coefficient (Wildman–Crippen LogP) is 2.34. The first-order chi connectivity index (χ1) is 8.14. The predicted molar refractivity (Wildman–Crippen MR) is 75.9 cm³/mol. The molecule has 2 heterocycles. The molecule has 0 radical (unpaired) electrons. The lowest BCUT2D eigenvalue weighted by atomic mass is 9.94. The molecule has 0 spiro atoms. The van der Waals surface area contributed by atoms with Crippen LogP contribution in [-0.2, 0) is 14.6 Å². The summed E-state index contributed by atoms with van der Waals surface area (Å²) in [6.07, 6.45) is 2.55. The lowest BCUT2D eigenvalue weighted by molar-refractivity contribution is -0.119. The monoisotopic (exact) mass is 286 g/mol. The van der Waals surface area contributed by atoms with Gasteiger partial charge in [-0.15, -0.1) is 0 Å². The van der Waals surface area contributed by atoms with Crippen LogP contribution in [0.25, 0.3) is 0 Å². The average molecular weight is 286 g/mol. The van der Waals surface area contributed by atoms with Crippen molar-refractivity contribution in [1.29, 1.82) is 0 Å². The highest BCUT2D eigenvalue weighted by molar-refractivity contribution is 7.93. The van der Waals surface area contributed by atoms with E-state index in [4.69, 9.17) is 0 Å². The first kappa shape index (κ1) is 14.0. The van der Waals surface area contributed by atoms with E-state index in [1.54, 1.807) is 0 Å². The fourth-order valence-electron chi connectivity index (χ4n) is 3.04. The highest BCUT2D eigenvalue weighted by atomic mass is 32.2. The van der Waals surface area contributed by atoms with Gasteiger partial charge >= 0.3 is 0 Å². The molecule has 2 atom stereocenters. The van der Waals surface area contributed by atoms with Gasteiger partial charge in [-0.3, -0.25) is 4.79 Å². The second-order valence-electron chi connectivity index (χ2n) is 6.67. The Kier molecular flexibility index (Phi) is 3.35. The fourth-order valence-corrected chi connectivity index (χ4v) is 6.46. The van der Waals surface area contributed by atoms with Gasteiger partial charge in [0.1, 0.15) is 0 Å². The van der Waals surface area contributed by atoms with Gasteiger partial charge in [0.25, 0.3) is 0 Å². The van der Waals surface area contributed by atoms with Crippen molar-refractivity contribution in [2.75, 3.05) is 0 Å². The van der Waals surface area contributed by atoms with Crippen molar-refractivity contribution >= 4 is 23.7 Å². The van der Waals surface area contributed by atoms with Crippen molar-refractivity contribution in [1.82, 2.24) is 0 Å². The van der Waals surface area contributed by atoms with Crippen LogP contribution in [0, 0.1) is 5.92 Å². The zero-order chi connectivity index (χ0) is 13.7. The maximum Gasteiger partial charge on any atom is 0.157 e. The summed E-state index contributed by atoms with van der Waals surface area (Å²) in [7, 11) is -4.59. The summed E-state index contributed by atoms with van der Waals surface area (Å²) in [4.78, 5) is 12.4. The number of Topliss-reactive ketones (excluding diaryl/α,β-unsaturated/α-hetero) is 1. The third-order valence-electron chi connectivity index (χ3n) is 4.41. The number of ketones is 1. The molecule has 2 bridgehead atoms. The summed E-state index contributed by atoms with van der Waals surface area (Å²) in [5.74, 6) is 0.0474. The minimum absolute atomic E-state index is 0.0924. The van der Waals surface area contributed by atoms with Crippen molar-refractivity contribution in [3.63, 3.8) is 0 Å². The molecule has 0 saturated carbocycles. The van der Waals surface area contributed by atoms with Crippen LogP contribution < -0.4 is 0 Å². The third-order valence-corrected chi connectivity index (χ3v) is 9.18. The molecule has 0 aromatic rings. The summed E-state index contributed by atoms with van der Waals surface area (Å²) in [5.41, 5.74) is 0. The van der Waals surface area contributed by atoms with Crippen molar-refractivity contribution in [2.45, 2.75) is 55.8 Å². The molecule has 2 rings (SSSR count). The SMILES string of the molecule is C=C(C(=O)C1CC2CCC(C1)S2(=O)=O)[Si](C)(C)C. The van der Waals surface area contributed by atoms with Crippen molar-refractivity contribution < 1.29 is 13.2 Å². The Labute approximate surface area is 111 Å². The van der Waals surface area contributed by atoms with E-state index in [0.717, 1.165) is 18.0 Å². The molecular weight excluding hydrogens is 264 g/mol. The Morgan fingerprint density at radius 1 is 1.11 bits per heavy atom. The van der Waals surface area contributed by atoms with Gasteiger partial charge in [0, 0.05) is 5.92 Å². The molecule has 5 heteroatoms. The molecule has 18 heavy (non-hydrogen) atoms. The maximum atomic E-state index is 12.4. The van der Waals surface area contributed by atoms with Crippen molar-refractivity contribution in [2.24, 2.45) is 5.92 Å². The van der Waals surface area contributed by atoms with Crippen LogP contribution in [-0.4, -0.2) is 32.8 Å². The Morgan fingerprint density at radius 2 is 1.56 bits per heavy atom. The normalized spacial score (nSPS) is 34.3. The van der Waals surface area contributed by atoms with Crippen LogP contribution in [0.3, 0.4) is 0 Å². The molecular formula is C13H22O3SSi. The van der Waals surface area contributed by atoms with Crippen LogP contribution in [0.1, 0.15) is 25.7 Å². The van der Waals surface area contributed by atoms with Gasteiger partial charge in [-0.25, -0.2) is 8.42 Å². The van der Waals surface area contributed by atoms with Crippen molar-refractivity contribution in [3.8, 4) is 0 Å². The number of allylic oxidation sites excluding steroid dienone is 1. The van der Waals surface area contributed by atoms with E-state index in [1.807, 2.05) is 0 Å². The molecule has 2 saturated heterocycles. The van der Waals surface area contributed by atoms with E-state index in [9.17, 15) is 13.2 Å². The lowest BCUT2D eigenvalue weighted by Gasteiger charge is -2.29. The smallest absolute Gasteiger partial charge is 0.157 e. The number of hydrogen-bond donors (Lipinski definition) is 0. The quantitative estimate of drug-likeness (QED) is 0.591. The minimum Gasteiger partial charge on any atom is -0.295 e. The van der Waals surface area contributed by atoms with Gasteiger partial charge in [0.05, 0.1) is 18.6 Å². The Morgan fingerprint density at radius 3 is 1.94 bits per heavy atom. The van der Waals surface area contributed by atoms with Gasteiger partial charge in [0.15, 0.2) is 15.6 Å². The van der Waals surface area contributed by atoms with Crippen LogP contribution >= 0.6 is 0 Å². The molecule has 0 aromatic heterocycles. The van der Waals surface area contributed by atoms with E-state index in [-0.39, 0.29) is 22.2 Å². The summed E-state index contributed by atoms with van der Waals surface area (Å²) < 4.78 is 24.0. The first-order valence-corrected chi connectivity index (χ1v) is 11.7. The largest absolute Gasteiger partial charge is 0.295 e. The summed E-state index contributed by atoms with van der Waals surface area (Å²) in [5, 5.41) is 0.241. The number of fused-ring (bicyclic) bond motifs is 2. The Hall–Kier alpha value is -0.423. The van der Waals surface area contributed by atoms with E-state index >= 15 is 0 Å². The summed E-state index contributed by atoms with van der Waals surface area (Å²) in [6.45, 7) is 10.3. The first-order valence-electron chi connectivity index (χ1n) is 6.60. The molecule has 0 amide bonds. The standard InChI is InChI=1S/C13H22O3SSi/c1-9(18(2,3)4)13(14)10-7-11-5-6-12(8-10)17(11,15)16/h10-12H,1,5-8H2,2-4H3.